The van der Waals surface area contributed by atoms with Crippen LogP contribution >= 0.6 is 0 Å². The van der Waals surface area contributed by atoms with Gasteiger partial charge in [-0.25, -0.2) is 8.78 Å². The SMILES string of the molecule is N[C@@H]1CC[C@H](C(F)(F)F)N(C(=O)CCc2cc(F)ccc2F)C1. The number of alkyl halides is 3. The van der Waals surface area contributed by atoms with E-state index < -0.39 is 35.8 Å². The molecule has 0 spiro atoms. The maximum absolute atomic E-state index is 13.5. The Bertz CT molecular complexity index is 575. The lowest BCUT2D eigenvalue weighted by atomic mass is 9.97. The van der Waals surface area contributed by atoms with Gasteiger partial charge in [0, 0.05) is 19.0 Å². The minimum Gasteiger partial charge on any atom is -0.329 e. The third-order valence-electron chi connectivity index (χ3n) is 3.93. The van der Waals surface area contributed by atoms with Crippen LogP contribution in [0.5, 0.6) is 0 Å². The van der Waals surface area contributed by atoms with Crippen molar-refractivity contribution in [1.29, 1.82) is 0 Å². The van der Waals surface area contributed by atoms with E-state index in [4.69, 9.17) is 5.73 Å². The van der Waals surface area contributed by atoms with Gasteiger partial charge in [-0.15, -0.1) is 0 Å². The molecule has 0 aromatic heterocycles. The van der Waals surface area contributed by atoms with Gasteiger partial charge in [0.15, 0.2) is 0 Å². The summed E-state index contributed by atoms with van der Waals surface area (Å²) < 4.78 is 65.6. The summed E-state index contributed by atoms with van der Waals surface area (Å²) in [7, 11) is 0. The Morgan fingerprint density at radius 1 is 1.26 bits per heavy atom. The fourth-order valence-corrected chi connectivity index (χ4v) is 2.74. The quantitative estimate of drug-likeness (QED) is 0.863. The molecule has 2 rings (SSSR count). The predicted octanol–water partition coefficient (Wildman–Crippen LogP) is 2.78. The average Bonchev–Trinajstić information content (AvgIpc) is 2.46. The third kappa shape index (κ3) is 4.40. The molecular weight excluding hydrogens is 319 g/mol. The molecule has 8 heteroatoms. The largest absolute Gasteiger partial charge is 0.408 e. The summed E-state index contributed by atoms with van der Waals surface area (Å²) >= 11 is 0. The predicted molar refractivity (Wildman–Crippen MR) is 73.4 cm³/mol. The standard InChI is InChI=1S/C15H17F5N2O/c16-10-2-4-12(17)9(7-10)1-6-14(23)22-8-11(21)3-5-13(22)15(18,19)20/h2,4,7,11,13H,1,3,5-6,8,21H2/t11-,13-/m1/s1. The van der Waals surface area contributed by atoms with E-state index in [0.29, 0.717) is 4.90 Å². The number of likely N-dealkylation sites (tertiary alicyclic amines) is 1. The van der Waals surface area contributed by atoms with Crippen LogP contribution in [-0.2, 0) is 11.2 Å². The normalized spacial score (nSPS) is 22.3. The molecule has 3 nitrogen and oxygen atoms in total. The van der Waals surface area contributed by atoms with Crippen molar-refractivity contribution >= 4 is 5.91 Å². The molecule has 2 atom stereocenters. The number of aryl methyl sites for hydroxylation is 1. The van der Waals surface area contributed by atoms with E-state index in [0.717, 1.165) is 18.2 Å². The molecule has 0 saturated carbocycles. The van der Waals surface area contributed by atoms with Crippen LogP contribution in [0.15, 0.2) is 18.2 Å². The van der Waals surface area contributed by atoms with Crippen LogP contribution in [0.3, 0.4) is 0 Å². The van der Waals surface area contributed by atoms with Gasteiger partial charge in [0.25, 0.3) is 0 Å². The molecule has 1 aromatic rings. The van der Waals surface area contributed by atoms with Crippen LogP contribution in [-0.4, -0.2) is 35.6 Å². The first kappa shape index (κ1) is 17.7. The van der Waals surface area contributed by atoms with Crippen LogP contribution in [0.25, 0.3) is 0 Å². The monoisotopic (exact) mass is 336 g/mol. The van der Waals surface area contributed by atoms with E-state index in [1.54, 1.807) is 0 Å². The van der Waals surface area contributed by atoms with E-state index in [9.17, 15) is 26.7 Å². The molecule has 0 bridgehead atoms. The van der Waals surface area contributed by atoms with Gasteiger partial charge in [-0.3, -0.25) is 4.79 Å². The van der Waals surface area contributed by atoms with Crippen molar-refractivity contribution in [3.63, 3.8) is 0 Å². The van der Waals surface area contributed by atoms with E-state index in [2.05, 4.69) is 0 Å². The molecule has 0 unspecified atom stereocenters. The molecular formula is C15H17F5N2O. The third-order valence-corrected chi connectivity index (χ3v) is 3.93. The molecule has 1 fully saturated rings. The van der Waals surface area contributed by atoms with Gasteiger partial charge in [0.2, 0.25) is 5.91 Å². The van der Waals surface area contributed by atoms with Crippen LogP contribution in [0, 0.1) is 11.6 Å². The second kappa shape index (κ2) is 6.82. The number of piperidine rings is 1. The molecule has 1 amide bonds. The molecule has 23 heavy (non-hydrogen) atoms. The highest BCUT2D eigenvalue weighted by molar-refractivity contribution is 5.77. The number of nitrogens with two attached hydrogens (primary N) is 1. The van der Waals surface area contributed by atoms with Crippen molar-refractivity contribution in [2.24, 2.45) is 5.73 Å². The highest BCUT2D eigenvalue weighted by Gasteiger charge is 2.47. The van der Waals surface area contributed by atoms with Crippen LogP contribution in [0.1, 0.15) is 24.8 Å². The zero-order valence-electron chi connectivity index (χ0n) is 12.2. The summed E-state index contributed by atoms with van der Waals surface area (Å²) in [4.78, 5) is 12.8. The average molecular weight is 336 g/mol. The van der Waals surface area contributed by atoms with E-state index in [1.165, 1.54) is 0 Å². The van der Waals surface area contributed by atoms with E-state index in [1.807, 2.05) is 0 Å². The van der Waals surface area contributed by atoms with Crippen molar-refractivity contribution in [2.75, 3.05) is 6.54 Å². The summed E-state index contributed by atoms with van der Waals surface area (Å²) in [6.45, 7) is -0.186. The number of rotatable bonds is 3. The van der Waals surface area contributed by atoms with Gasteiger partial charge >= 0.3 is 6.18 Å². The minimum absolute atomic E-state index is 0.0387. The lowest BCUT2D eigenvalue weighted by molar-refractivity contribution is -0.196. The summed E-state index contributed by atoms with van der Waals surface area (Å²) in [5.41, 5.74) is 5.61. The first-order chi connectivity index (χ1) is 10.7. The molecule has 1 aliphatic rings. The summed E-state index contributed by atoms with van der Waals surface area (Å²) in [5.74, 6) is -2.12. The summed E-state index contributed by atoms with van der Waals surface area (Å²) in [6.07, 6.45) is -5.09. The molecule has 0 radical (unpaired) electrons. The number of benzene rings is 1. The fraction of sp³-hybridized carbons (Fsp3) is 0.533. The number of carbonyl (C=O) groups excluding carboxylic acids is 1. The van der Waals surface area contributed by atoms with Gasteiger partial charge < -0.3 is 10.6 Å². The number of halogens is 5. The molecule has 128 valence electrons. The summed E-state index contributed by atoms with van der Waals surface area (Å²) in [5, 5.41) is 0. The van der Waals surface area contributed by atoms with Crippen LogP contribution < -0.4 is 5.73 Å². The first-order valence-corrected chi connectivity index (χ1v) is 7.24. The van der Waals surface area contributed by atoms with E-state index >= 15 is 0 Å². The number of nitrogens with zero attached hydrogens (tertiary/aromatic N) is 1. The smallest absolute Gasteiger partial charge is 0.329 e. The molecule has 1 heterocycles. The molecule has 1 aromatic carbocycles. The highest BCUT2D eigenvalue weighted by Crippen LogP contribution is 2.32. The Labute approximate surface area is 130 Å². The van der Waals surface area contributed by atoms with Crippen molar-refractivity contribution in [2.45, 2.75) is 43.9 Å². The van der Waals surface area contributed by atoms with Gasteiger partial charge in [0.1, 0.15) is 17.7 Å². The Hall–Kier alpha value is -1.70. The van der Waals surface area contributed by atoms with Gasteiger partial charge in [-0.2, -0.15) is 13.2 Å². The Morgan fingerprint density at radius 2 is 1.96 bits per heavy atom. The van der Waals surface area contributed by atoms with Crippen LogP contribution in [0.4, 0.5) is 22.0 Å². The molecule has 2 N–H and O–H groups in total. The van der Waals surface area contributed by atoms with Crippen LogP contribution in [0.2, 0.25) is 0 Å². The molecule has 0 aliphatic carbocycles. The van der Waals surface area contributed by atoms with Gasteiger partial charge in [-0.05, 0) is 43.0 Å². The van der Waals surface area contributed by atoms with Crippen molar-refractivity contribution in [1.82, 2.24) is 4.90 Å². The highest BCUT2D eigenvalue weighted by atomic mass is 19.4. The lowest BCUT2D eigenvalue weighted by Gasteiger charge is -2.39. The molecule has 1 saturated heterocycles. The number of hydrogen-bond acceptors (Lipinski definition) is 2. The second-order valence-corrected chi connectivity index (χ2v) is 5.68. The fourth-order valence-electron chi connectivity index (χ4n) is 2.74. The van der Waals surface area contributed by atoms with Crippen molar-refractivity contribution in [3.8, 4) is 0 Å². The number of hydrogen-bond donors (Lipinski definition) is 1. The zero-order valence-corrected chi connectivity index (χ0v) is 12.2. The van der Waals surface area contributed by atoms with Crippen molar-refractivity contribution in [3.05, 3.63) is 35.4 Å². The maximum Gasteiger partial charge on any atom is 0.408 e. The summed E-state index contributed by atoms with van der Waals surface area (Å²) in [6, 6.07) is 0.413. The number of amides is 1. The van der Waals surface area contributed by atoms with Gasteiger partial charge in [-0.1, -0.05) is 0 Å². The lowest BCUT2D eigenvalue weighted by Crippen LogP contribution is -2.56. The number of carbonyl (C=O) groups is 1. The second-order valence-electron chi connectivity index (χ2n) is 5.68. The topological polar surface area (TPSA) is 46.3 Å². The van der Waals surface area contributed by atoms with E-state index in [-0.39, 0.29) is 37.8 Å². The Morgan fingerprint density at radius 3 is 2.61 bits per heavy atom. The Balaban J connectivity index is 2.06. The first-order valence-electron chi connectivity index (χ1n) is 7.24. The maximum atomic E-state index is 13.5. The molecule has 1 aliphatic heterocycles. The van der Waals surface area contributed by atoms with Crippen molar-refractivity contribution < 1.29 is 26.7 Å². The minimum atomic E-state index is -4.53. The van der Waals surface area contributed by atoms with Gasteiger partial charge in [0.05, 0.1) is 0 Å². The Kier molecular flexibility index (Phi) is 5.23. The zero-order chi connectivity index (χ0) is 17.2.